The number of pyridine rings is 1. The van der Waals surface area contributed by atoms with E-state index in [9.17, 15) is 19.1 Å². The van der Waals surface area contributed by atoms with Crippen molar-refractivity contribution in [3.63, 3.8) is 0 Å². The van der Waals surface area contributed by atoms with Crippen LogP contribution in [0.25, 0.3) is 0 Å². The van der Waals surface area contributed by atoms with Crippen LogP contribution in [0, 0.1) is 5.82 Å². The molecular weight excluding hydrogens is 469 g/mol. The largest absolute Gasteiger partial charge is 0.480 e. The number of aromatic nitrogens is 1. The van der Waals surface area contributed by atoms with Gasteiger partial charge in [0.25, 0.3) is 5.91 Å². The molecule has 1 aromatic heterocycles. The number of carboxylic acids is 1. The predicted molar refractivity (Wildman–Crippen MR) is 134 cm³/mol. The summed E-state index contributed by atoms with van der Waals surface area (Å²) in [6, 6.07) is 14.6. The number of nitrogens with one attached hydrogen (secondary N) is 2. The van der Waals surface area contributed by atoms with Crippen molar-refractivity contribution >= 4 is 29.3 Å². The second-order valence-corrected chi connectivity index (χ2v) is 9.08. The number of carboxylic acid groups (broad SMARTS) is 1. The Hall–Kier alpha value is -3.45. The van der Waals surface area contributed by atoms with Crippen molar-refractivity contribution in [3.8, 4) is 0 Å². The lowest BCUT2D eigenvalue weighted by molar-refractivity contribution is -0.139. The highest BCUT2D eigenvalue weighted by Crippen LogP contribution is 2.21. The number of anilines is 1. The van der Waals surface area contributed by atoms with Gasteiger partial charge in [0.1, 0.15) is 17.7 Å². The molecule has 0 fully saturated rings. The number of aliphatic carboxylic acids is 1. The number of hydrogen-bond donors (Lipinski definition) is 3. The second-order valence-electron chi connectivity index (χ2n) is 8.68. The smallest absolute Gasteiger partial charge is 0.326 e. The average molecular weight is 496 g/mol. The maximum atomic E-state index is 14.0. The van der Waals surface area contributed by atoms with Crippen molar-refractivity contribution in [1.82, 2.24) is 10.3 Å². The zero-order chi connectivity index (χ0) is 24.8. The van der Waals surface area contributed by atoms with E-state index in [0.29, 0.717) is 0 Å². The fourth-order valence-electron chi connectivity index (χ4n) is 4.20. The van der Waals surface area contributed by atoms with Crippen LogP contribution in [0.2, 0.25) is 5.02 Å². The number of rotatable bonds is 9. The van der Waals surface area contributed by atoms with Crippen LogP contribution < -0.4 is 10.6 Å². The van der Waals surface area contributed by atoms with Crippen LogP contribution >= 0.6 is 11.6 Å². The third kappa shape index (κ3) is 6.36. The first-order valence-corrected chi connectivity index (χ1v) is 12.1. The molecule has 35 heavy (non-hydrogen) atoms. The number of fused-ring (bicyclic) bond motifs is 1. The fraction of sp³-hybridized carbons (Fsp3) is 0.296. The number of nitrogens with zero attached hydrogens (tertiary/aromatic N) is 1. The van der Waals surface area contributed by atoms with E-state index < -0.39 is 23.7 Å². The van der Waals surface area contributed by atoms with Crippen molar-refractivity contribution in [2.24, 2.45) is 0 Å². The van der Waals surface area contributed by atoms with Crippen molar-refractivity contribution in [1.29, 1.82) is 0 Å². The minimum absolute atomic E-state index is 0.0689. The molecule has 1 aliphatic heterocycles. The van der Waals surface area contributed by atoms with Gasteiger partial charge in [-0.25, -0.2) is 14.2 Å². The van der Waals surface area contributed by atoms with Gasteiger partial charge in [0.2, 0.25) is 0 Å². The first kappa shape index (κ1) is 24.7. The minimum Gasteiger partial charge on any atom is -0.480 e. The van der Waals surface area contributed by atoms with Crippen molar-refractivity contribution < 1.29 is 19.1 Å². The molecule has 0 bridgehead atoms. The normalized spacial score (nSPS) is 13.4. The molecule has 0 saturated carbocycles. The fourth-order valence-corrected chi connectivity index (χ4v) is 4.45. The van der Waals surface area contributed by atoms with Gasteiger partial charge in [-0.05, 0) is 67.0 Å². The Balaban J connectivity index is 1.31. The first-order chi connectivity index (χ1) is 16.9. The number of carbonyl (C=O) groups is 2. The van der Waals surface area contributed by atoms with Gasteiger partial charge in [0, 0.05) is 18.7 Å². The number of amides is 1. The minimum atomic E-state index is -1.22. The highest BCUT2D eigenvalue weighted by Gasteiger charge is 2.24. The molecule has 0 unspecified atom stereocenters. The Labute approximate surface area is 208 Å². The number of halogens is 2. The Morgan fingerprint density at radius 3 is 2.60 bits per heavy atom. The van der Waals surface area contributed by atoms with Crippen LogP contribution in [0.15, 0.2) is 54.6 Å². The molecule has 1 amide bonds. The molecule has 182 valence electrons. The van der Waals surface area contributed by atoms with E-state index in [-0.39, 0.29) is 17.0 Å². The van der Waals surface area contributed by atoms with Gasteiger partial charge < -0.3 is 15.7 Å². The van der Waals surface area contributed by atoms with Gasteiger partial charge >= 0.3 is 5.97 Å². The quantitative estimate of drug-likeness (QED) is 0.395. The summed E-state index contributed by atoms with van der Waals surface area (Å²) in [6.07, 6.45) is 4.98. The molecular formula is C27H27ClFN3O3. The number of benzene rings is 2. The van der Waals surface area contributed by atoms with Crippen LogP contribution in [0.4, 0.5) is 10.2 Å². The van der Waals surface area contributed by atoms with Gasteiger partial charge in [-0.3, -0.25) is 4.79 Å². The zero-order valence-corrected chi connectivity index (χ0v) is 19.9. The third-order valence-electron chi connectivity index (χ3n) is 6.11. The van der Waals surface area contributed by atoms with Crippen LogP contribution in [0.3, 0.4) is 0 Å². The molecule has 2 aromatic carbocycles. The topological polar surface area (TPSA) is 91.3 Å². The van der Waals surface area contributed by atoms with E-state index in [1.54, 1.807) is 0 Å². The molecule has 0 aliphatic carbocycles. The summed E-state index contributed by atoms with van der Waals surface area (Å²) >= 11 is 5.92. The molecule has 3 N–H and O–H groups in total. The van der Waals surface area contributed by atoms with Gasteiger partial charge in [-0.2, -0.15) is 0 Å². The molecule has 0 spiro atoms. The first-order valence-electron chi connectivity index (χ1n) is 11.7. The summed E-state index contributed by atoms with van der Waals surface area (Å²) in [6.45, 7) is 0.971. The Morgan fingerprint density at radius 2 is 1.86 bits per heavy atom. The van der Waals surface area contributed by atoms with Crippen LogP contribution in [0.1, 0.15) is 45.6 Å². The SMILES string of the molecule is O=C(N[C@@H](Cc1ccc(CCCc2ccc3c(n2)NCCC3)cc1)C(=O)O)c1c(F)cccc1Cl. The van der Waals surface area contributed by atoms with Crippen molar-refractivity contribution in [2.45, 2.75) is 44.6 Å². The molecule has 8 heteroatoms. The summed E-state index contributed by atoms with van der Waals surface area (Å²) in [5.74, 6) is -1.86. The van der Waals surface area contributed by atoms with Crippen molar-refractivity contribution in [2.75, 3.05) is 11.9 Å². The lowest BCUT2D eigenvalue weighted by atomic mass is 10.0. The molecule has 1 atom stereocenters. The number of carbonyl (C=O) groups excluding carboxylic acids is 1. The van der Waals surface area contributed by atoms with Crippen LogP contribution in [-0.4, -0.2) is 34.6 Å². The maximum Gasteiger partial charge on any atom is 0.326 e. The summed E-state index contributed by atoms with van der Waals surface area (Å²) in [4.78, 5) is 28.9. The Bertz CT molecular complexity index is 1200. The maximum absolute atomic E-state index is 14.0. The Kier molecular flexibility index (Phi) is 7.98. The van der Waals surface area contributed by atoms with E-state index in [2.05, 4.69) is 22.8 Å². The average Bonchev–Trinajstić information content (AvgIpc) is 2.84. The second kappa shape index (κ2) is 11.3. The molecule has 1 aliphatic rings. The van der Waals surface area contributed by atoms with E-state index in [1.165, 1.54) is 17.7 Å². The van der Waals surface area contributed by atoms with Crippen LogP contribution in [-0.2, 0) is 30.5 Å². The van der Waals surface area contributed by atoms with E-state index in [0.717, 1.165) is 67.4 Å². The van der Waals surface area contributed by atoms with E-state index in [4.69, 9.17) is 16.6 Å². The molecule has 2 heterocycles. The molecule has 4 rings (SSSR count). The van der Waals surface area contributed by atoms with E-state index >= 15 is 0 Å². The highest BCUT2D eigenvalue weighted by atomic mass is 35.5. The lowest BCUT2D eigenvalue weighted by Crippen LogP contribution is -2.42. The summed E-state index contributed by atoms with van der Waals surface area (Å²) in [7, 11) is 0. The zero-order valence-electron chi connectivity index (χ0n) is 19.2. The third-order valence-corrected chi connectivity index (χ3v) is 6.42. The number of aryl methyl sites for hydroxylation is 3. The van der Waals surface area contributed by atoms with Gasteiger partial charge in [0.15, 0.2) is 0 Å². The lowest BCUT2D eigenvalue weighted by Gasteiger charge is -2.17. The highest BCUT2D eigenvalue weighted by molar-refractivity contribution is 6.33. The van der Waals surface area contributed by atoms with Crippen LogP contribution in [0.5, 0.6) is 0 Å². The monoisotopic (exact) mass is 495 g/mol. The number of hydrogen-bond acceptors (Lipinski definition) is 4. The van der Waals surface area contributed by atoms with Gasteiger partial charge in [-0.15, -0.1) is 0 Å². The van der Waals surface area contributed by atoms with E-state index in [1.807, 2.05) is 24.3 Å². The van der Waals surface area contributed by atoms with Gasteiger partial charge in [0.05, 0.1) is 10.6 Å². The van der Waals surface area contributed by atoms with Crippen molar-refractivity contribution in [3.05, 3.63) is 93.4 Å². The van der Waals surface area contributed by atoms with Gasteiger partial charge in [-0.1, -0.05) is 48.0 Å². The summed E-state index contributed by atoms with van der Waals surface area (Å²) in [5, 5.41) is 15.2. The standard InChI is InChI=1S/C27H27ClFN3O3/c28-21-7-2-8-22(29)24(21)26(33)32-23(27(34)35)16-18-11-9-17(10-12-18)4-1-6-20-14-13-19-5-3-15-30-25(19)31-20/h2,7-14,23H,1,3-6,15-16H2,(H,30,31)(H,32,33)(H,34,35)/t23-/m0/s1. The molecule has 0 saturated heterocycles. The Morgan fingerprint density at radius 1 is 1.09 bits per heavy atom. The molecule has 6 nitrogen and oxygen atoms in total. The molecule has 3 aromatic rings. The molecule has 0 radical (unpaired) electrons. The predicted octanol–water partition coefficient (Wildman–Crippen LogP) is 4.83. The summed E-state index contributed by atoms with van der Waals surface area (Å²) in [5.41, 5.74) is 3.88. The summed E-state index contributed by atoms with van der Waals surface area (Å²) < 4.78 is 14.0.